The normalized spacial score (nSPS) is 27.2. The lowest BCUT2D eigenvalue weighted by Gasteiger charge is -2.45. The molecule has 0 aromatic carbocycles. The molecular weight excluding hydrogens is 210 g/mol. The van der Waals surface area contributed by atoms with Crippen LogP contribution < -0.4 is 5.32 Å². The van der Waals surface area contributed by atoms with E-state index in [2.05, 4.69) is 12.2 Å². The predicted octanol–water partition coefficient (Wildman–Crippen LogP) is 3.50. The standard InChI is InChI=1S/C15H29NO/c1-3-16-14(13-9-5-6-10-13)15(17-2)11-7-4-8-12-15/h13-14,16H,3-12H2,1-2H3. The number of nitrogens with one attached hydrogen (secondary N) is 1. The van der Waals surface area contributed by atoms with Crippen LogP contribution in [0.4, 0.5) is 0 Å². The van der Waals surface area contributed by atoms with E-state index < -0.39 is 0 Å². The van der Waals surface area contributed by atoms with Crippen LogP contribution in [-0.4, -0.2) is 25.3 Å². The molecule has 1 atom stereocenters. The summed E-state index contributed by atoms with van der Waals surface area (Å²) >= 11 is 0. The van der Waals surface area contributed by atoms with Crippen molar-refractivity contribution in [2.75, 3.05) is 13.7 Å². The molecular formula is C15H29NO. The van der Waals surface area contributed by atoms with Gasteiger partial charge in [0.2, 0.25) is 0 Å². The van der Waals surface area contributed by atoms with E-state index in [4.69, 9.17) is 4.74 Å². The molecule has 0 bridgehead atoms. The van der Waals surface area contributed by atoms with Crippen LogP contribution in [0, 0.1) is 5.92 Å². The summed E-state index contributed by atoms with van der Waals surface area (Å²) in [7, 11) is 1.94. The molecule has 100 valence electrons. The molecule has 17 heavy (non-hydrogen) atoms. The van der Waals surface area contributed by atoms with Crippen LogP contribution in [0.1, 0.15) is 64.7 Å². The van der Waals surface area contributed by atoms with Gasteiger partial charge in [0.1, 0.15) is 0 Å². The molecule has 1 unspecified atom stereocenters. The minimum atomic E-state index is 0.142. The summed E-state index contributed by atoms with van der Waals surface area (Å²) in [6.45, 7) is 3.31. The highest BCUT2D eigenvalue weighted by Gasteiger charge is 2.43. The van der Waals surface area contributed by atoms with E-state index in [0.29, 0.717) is 6.04 Å². The van der Waals surface area contributed by atoms with E-state index in [9.17, 15) is 0 Å². The highest BCUT2D eigenvalue weighted by Crippen LogP contribution is 2.41. The van der Waals surface area contributed by atoms with Gasteiger partial charge in [-0.3, -0.25) is 0 Å². The van der Waals surface area contributed by atoms with Crippen LogP contribution in [0.2, 0.25) is 0 Å². The van der Waals surface area contributed by atoms with Gasteiger partial charge < -0.3 is 10.1 Å². The van der Waals surface area contributed by atoms with Gasteiger partial charge >= 0.3 is 0 Å². The monoisotopic (exact) mass is 239 g/mol. The van der Waals surface area contributed by atoms with Gasteiger partial charge in [0, 0.05) is 13.2 Å². The molecule has 2 saturated carbocycles. The molecule has 0 aromatic heterocycles. The number of hydrogen-bond donors (Lipinski definition) is 1. The molecule has 0 saturated heterocycles. The molecule has 0 spiro atoms. The lowest BCUT2D eigenvalue weighted by Crippen LogP contribution is -2.56. The number of ether oxygens (including phenoxy) is 1. The Labute approximate surface area is 107 Å². The smallest absolute Gasteiger partial charge is 0.0833 e. The fourth-order valence-electron chi connectivity index (χ4n) is 4.09. The molecule has 0 amide bonds. The lowest BCUT2D eigenvalue weighted by atomic mass is 9.74. The molecule has 0 heterocycles. The van der Waals surface area contributed by atoms with Crippen molar-refractivity contribution >= 4 is 0 Å². The number of hydrogen-bond acceptors (Lipinski definition) is 2. The summed E-state index contributed by atoms with van der Waals surface area (Å²) in [6, 6.07) is 0.597. The molecule has 0 aromatic rings. The Morgan fingerprint density at radius 3 is 2.29 bits per heavy atom. The topological polar surface area (TPSA) is 21.3 Å². The third-order valence-electron chi connectivity index (χ3n) is 4.97. The molecule has 0 radical (unpaired) electrons. The maximum absolute atomic E-state index is 6.04. The number of methoxy groups -OCH3 is 1. The first-order chi connectivity index (χ1) is 8.32. The fraction of sp³-hybridized carbons (Fsp3) is 1.00. The first-order valence-corrected chi connectivity index (χ1v) is 7.61. The van der Waals surface area contributed by atoms with Gasteiger partial charge in [-0.2, -0.15) is 0 Å². The van der Waals surface area contributed by atoms with E-state index in [1.54, 1.807) is 0 Å². The Hall–Kier alpha value is -0.0800. The van der Waals surface area contributed by atoms with Crippen LogP contribution in [-0.2, 0) is 4.74 Å². The van der Waals surface area contributed by atoms with Crippen molar-refractivity contribution in [3.63, 3.8) is 0 Å². The Kier molecular flexibility index (Phi) is 4.87. The van der Waals surface area contributed by atoms with Crippen LogP contribution in [0.5, 0.6) is 0 Å². The molecule has 2 rings (SSSR count). The van der Waals surface area contributed by atoms with Gasteiger partial charge in [-0.15, -0.1) is 0 Å². The second kappa shape index (κ2) is 6.19. The Balaban J connectivity index is 2.10. The van der Waals surface area contributed by atoms with Crippen molar-refractivity contribution in [2.24, 2.45) is 5.92 Å². The summed E-state index contributed by atoms with van der Waals surface area (Å²) in [5.41, 5.74) is 0.142. The molecule has 2 heteroatoms. The van der Waals surface area contributed by atoms with Gasteiger partial charge in [0.15, 0.2) is 0 Å². The Morgan fingerprint density at radius 2 is 1.76 bits per heavy atom. The maximum atomic E-state index is 6.04. The largest absolute Gasteiger partial charge is 0.377 e. The molecule has 2 fully saturated rings. The summed E-state index contributed by atoms with van der Waals surface area (Å²) in [5, 5.41) is 3.76. The third kappa shape index (κ3) is 2.85. The summed E-state index contributed by atoms with van der Waals surface area (Å²) in [5.74, 6) is 0.855. The zero-order chi connectivity index (χ0) is 12.1. The predicted molar refractivity (Wildman–Crippen MR) is 72.2 cm³/mol. The van der Waals surface area contributed by atoms with Crippen molar-refractivity contribution in [1.29, 1.82) is 0 Å². The maximum Gasteiger partial charge on any atom is 0.0833 e. The van der Waals surface area contributed by atoms with Gasteiger partial charge in [0.25, 0.3) is 0 Å². The van der Waals surface area contributed by atoms with E-state index in [0.717, 1.165) is 12.5 Å². The van der Waals surface area contributed by atoms with E-state index in [1.807, 2.05) is 7.11 Å². The fourth-order valence-corrected chi connectivity index (χ4v) is 4.09. The van der Waals surface area contributed by atoms with Crippen molar-refractivity contribution in [3.8, 4) is 0 Å². The van der Waals surface area contributed by atoms with Crippen molar-refractivity contribution in [1.82, 2.24) is 5.32 Å². The van der Waals surface area contributed by atoms with Crippen molar-refractivity contribution in [2.45, 2.75) is 76.4 Å². The summed E-state index contributed by atoms with van der Waals surface area (Å²) < 4.78 is 6.04. The highest BCUT2D eigenvalue weighted by molar-refractivity contribution is 4.99. The first kappa shape index (κ1) is 13.4. The second-order valence-electron chi connectivity index (χ2n) is 5.91. The second-order valence-corrected chi connectivity index (χ2v) is 5.91. The number of rotatable bonds is 5. The van der Waals surface area contributed by atoms with Crippen LogP contribution >= 0.6 is 0 Å². The molecule has 2 nitrogen and oxygen atoms in total. The minimum Gasteiger partial charge on any atom is -0.377 e. The molecule has 1 N–H and O–H groups in total. The SMILES string of the molecule is CCNC(C1CCCC1)C1(OC)CCCCC1. The van der Waals surface area contributed by atoms with Gasteiger partial charge in [-0.05, 0) is 38.1 Å². The summed E-state index contributed by atoms with van der Waals surface area (Å²) in [4.78, 5) is 0. The Morgan fingerprint density at radius 1 is 1.12 bits per heavy atom. The Bertz CT molecular complexity index is 217. The average Bonchev–Trinajstić information content (AvgIpc) is 2.90. The summed E-state index contributed by atoms with van der Waals surface area (Å²) in [6.07, 6.45) is 12.3. The molecule has 2 aliphatic rings. The van der Waals surface area contributed by atoms with Crippen molar-refractivity contribution < 1.29 is 4.74 Å². The van der Waals surface area contributed by atoms with Crippen LogP contribution in [0.15, 0.2) is 0 Å². The molecule has 0 aliphatic heterocycles. The highest BCUT2D eigenvalue weighted by atomic mass is 16.5. The van der Waals surface area contributed by atoms with Crippen LogP contribution in [0.25, 0.3) is 0 Å². The zero-order valence-corrected chi connectivity index (χ0v) is 11.6. The van der Waals surface area contributed by atoms with E-state index in [-0.39, 0.29) is 5.60 Å². The first-order valence-electron chi connectivity index (χ1n) is 7.61. The lowest BCUT2D eigenvalue weighted by molar-refractivity contribution is -0.0807. The minimum absolute atomic E-state index is 0.142. The third-order valence-corrected chi connectivity index (χ3v) is 4.97. The van der Waals surface area contributed by atoms with E-state index in [1.165, 1.54) is 57.8 Å². The van der Waals surface area contributed by atoms with E-state index >= 15 is 0 Å². The quantitative estimate of drug-likeness (QED) is 0.793. The molecule has 2 aliphatic carbocycles. The van der Waals surface area contributed by atoms with Crippen LogP contribution in [0.3, 0.4) is 0 Å². The zero-order valence-electron chi connectivity index (χ0n) is 11.6. The van der Waals surface area contributed by atoms with Gasteiger partial charge in [0.05, 0.1) is 5.60 Å². The van der Waals surface area contributed by atoms with Gasteiger partial charge in [-0.1, -0.05) is 39.0 Å². The number of likely N-dealkylation sites (N-methyl/N-ethyl adjacent to an activating group) is 1. The van der Waals surface area contributed by atoms with Gasteiger partial charge in [-0.25, -0.2) is 0 Å². The average molecular weight is 239 g/mol. The van der Waals surface area contributed by atoms with Crippen molar-refractivity contribution in [3.05, 3.63) is 0 Å².